The Balaban J connectivity index is 1.73. The molecule has 7 heteroatoms. The number of nitrogens with two attached hydrogens (primary N) is 1. The predicted molar refractivity (Wildman–Crippen MR) is 75.4 cm³/mol. The topological polar surface area (TPSA) is 113 Å². The molecule has 0 unspecified atom stereocenters. The first-order valence-electron chi connectivity index (χ1n) is 7.55. The molecule has 0 bridgehead atoms. The number of urea groups is 1. The summed E-state index contributed by atoms with van der Waals surface area (Å²) in [6.07, 6.45) is 3.89. The first-order chi connectivity index (χ1) is 9.97. The molecular weight excluding hydrogens is 274 g/mol. The van der Waals surface area contributed by atoms with Crippen LogP contribution in [0.25, 0.3) is 0 Å². The normalized spacial score (nSPS) is 27.1. The molecule has 2 fully saturated rings. The Bertz CT molecular complexity index is 410. The summed E-state index contributed by atoms with van der Waals surface area (Å²) in [5.74, 6) is -1.43. The summed E-state index contributed by atoms with van der Waals surface area (Å²) in [7, 11) is 0. The van der Waals surface area contributed by atoms with Gasteiger partial charge in [0.15, 0.2) is 0 Å². The third kappa shape index (κ3) is 4.09. The molecule has 1 saturated carbocycles. The fraction of sp³-hybridized carbons (Fsp3) is 0.786. The van der Waals surface area contributed by atoms with Crippen LogP contribution in [0.1, 0.15) is 38.5 Å². The lowest BCUT2D eigenvalue weighted by atomic mass is 9.86. The number of piperidine rings is 1. The maximum Gasteiger partial charge on any atom is 0.317 e. The molecule has 118 valence electrons. The van der Waals surface area contributed by atoms with Gasteiger partial charge in [-0.2, -0.15) is 0 Å². The van der Waals surface area contributed by atoms with Crippen molar-refractivity contribution in [3.8, 4) is 0 Å². The largest absolute Gasteiger partial charge is 0.481 e. The summed E-state index contributed by atoms with van der Waals surface area (Å²) in [6, 6.07) is -0.0568. The molecule has 7 nitrogen and oxygen atoms in total. The SMILES string of the molecule is NC(=O)C1CCN(C(=O)NC2CCC(C(=O)O)CC2)CC1. The summed E-state index contributed by atoms with van der Waals surface area (Å²) < 4.78 is 0. The first-order valence-corrected chi connectivity index (χ1v) is 7.55. The van der Waals surface area contributed by atoms with Gasteiger partial charge in [0.1, 0.15) is 0 Å². The quantitative estimate of drug-likeness (QED) is 0.705. The standard InChI is InChI=1S/C14H23N3O4/c15-12(18)9-5-7-17(8-6-9)14(21)16-11-3-1-10(2-4-11)13(19)20/h9-11H,1-8H2,(H2,15,18)(H,16,21)(H,19,20). The highest BCUT2D eigenvalue weighted by Gasteiger charge is 2.29. The molecule has 1 saturated heterocycles. The van der Waals surface area contributed by atoms with E-state index < -0.39 is 5.97 Å². The number of rotatable bonds is 3. The number of amides is 3. The van der Waals surface area contributed by atoms with Crippen molar-refractivity contribution < 1.29 is 19.5 Å². The Morgan fingerprint density at radius 3 is 2.00 bits per heavy atom. The van der Waals surface area contributed by atoms with Gasteiger partial charge in [-0.05, 0) is 38.5 Å². The second kappa shape index (κ2) is 6.78. The van der Waals surface area contributed by atoms with Crippen molar-refractivity contribution in [3.05, 3.63) is 0 Å². The summed E-state index contributed by atoms with van der Waals surface area (Å²) >= 11 is 0. The van der Waals surface area contributed by atoms with E-state index in [4.69, 9.17) is 10.8 Å². The number of carboxylic acids is 1. The second-order valence-electron chi connectivity index (χ2n) is 6.00. The van der Waals surface area contributed by atoms with E-state index in [1.165, 1.54) is 0 Å². The summed E-state index contributed by atoms with van der Waals surface area (Å²) in [6.45, 7) is 1.09. The molecule has 4 N–H and O–H groups in total. The lowest BCUT2D eigenvalue weighted by molar-refractivity contribution is -0.142. The number of nitrogens with one attached hydrogen (secondary N) is 1. The lowest BCUT2D eigenvalue weighted by Gasteiger charge is -2.33. The first kappa shape index (κ1) is 15.6. The molecule has 0 aromatic carbocycles. The van der Waals surface area contributed by atoms with Gasteiger partial charge in [0.2, 0.25) is 5.91 Å². The maximum absolute atomic E-state index is 12.1. The van der Waals surface area contributed by atoms with Crippen LogP contribution in [0.15, 0.2) is 0 Å². The van der Waals surface area contributed by atoms with Crippen LogP contribution < -0.4 is 11.1 Å². The summed E-state index contributed by atoms with van der Waals surface area (Å²) in [5, 5.41) is 11.9. The molecule has 2 aliphatic rings. The van der Waals surface area contributed by atoms with Gasteiger partial charge in [-0.3, -0.25) is 9.59 Å². The van der Waals surface area contributed by atoms with E-state index in [0.717, 1.165) is 0 Å². The van der Waals surface area contributed by atoms with E-state index in [-0.39, 0.29) is 29.8 Å². The van der Waals surface area contributed by atoms with Crippen molar-refractivity contribution in [2.24, 2.45) is 17.6 Å². The molecular formula is C14H23N3O4. The van der Waals surface area contributed by atoms with Crippen LogP contribution in [-0.4, -0.2) is 47.0 Å². The lowest BCUT2D eigenvalue weighted by Crippen LogP contribution is -2.49. The van der Waals surface area contributed by atoms with E-state index in [0.29, 0.717) is 51.6 Å². The van der Waals surface area contributed by atoms with Crippen molar-refractivity contribution in [2.45, 2.75) is 44.6 Å². The summed E-state index contributed by atoms with van der Waals surface area (Å²) in [5.41, 5.74) is 5.27. The van der Waals surface area contributed by atoms with Crippen LogP contribution in [0.3, 0.4) is 0 Å². The molecule has 2 rings (SSSR count). The van der Waals surface area contributed by atoms with Crippen LogP contribution >= 0.6 is 0 Å². The van der Waals surface area contributed by atoms with Gasteiger partial charge < -0.3 is 21.1 Å². The number of carbonyl (C=O) groups is 3. The van der Waals surface area contributed by atoms with Crippen LogP contribution in [-0.2, 0) is 9.59 Å². The molecule has 1 heterocycles. The van der Waals surface area contributed by atoms with Gasteiger partial charge in [-0.25, -0.2) is 4.79 Å². The van der Waals surface area contributed by atoms with Gasteiger partial charge in [0.25, 0.3) is 0 Å². The monoisotopic (exact) mass is 297 g/mol. The number of nitrogens with zero attached hydrogens (tertiary/aromatic N) is 1. The molecule has 0 spiro atoms. The van der Waals surface area contributed by atoms with E-state index in [1.807, 2.05) is 0 Å². The molecule has 0 aromatic rings. The van der Waals surface area contributed by atoms with Crippen LogP contribution in [0.2, 0.25) is 0 Å². The molecule has 0 atom stereocenters. The average Bonchev–Trinajstić information content (AvgIpc) is 2.47. The minimum atomic E-state index is -0.742. The number of carboxylic acid groups (broad SMARTS) is 1. The Labute approximate surface area is 123 Å². The number of aliphatic carboxylic acids is 1. The Kier molecular flexibility index (Phi) is 5.03. The van der Waals surface area contributed by atoms with Crippen LogP contribution in [0.5, 0.6) is 0 Å². The van der Waals surface area contributed by atoms with Crippen molar-refractivity contribution >= 4 is 17.9 Å². The van der Waals surface area contributed by atoms with Crippen molar-refractivity contribution in [2.75, 3.05) is 13.1 Å². The average molecular weight is 297 g/mol. The zero-order valence-corrected chi connectivity index (χ0v) is 12.1. The van der Waals surface area contributed by atoms with Crippen LogP contribution in [0.4, 0.5) is 4.79 Å². The van der Waals surface area contributed by atoms with Crippen molar-refractivity contribution in [3.63, 3.8) is 0 Å². The smallest absolute Gasteiger partial charge is 0.317 e. The third-order valence-corrected chi connectivity index (χ3v) is 4.59. The Morgan fingerprint density at radius 1 is 0.952 bits per heavy atom. The number of primary amides is 1. The second-order valence-corrected chi connectivity index (χ2v) is 6.00. The van der Waals surface area contributed by atoms with Crippen LogP contribution in [0, 0.1) is 11.8 Å². The highest BCUT2D eigenvalue weighted by Crippen LogP contribution is 2.25. The zero-order valence-electron chi connectivity index (χ0n) is 12.1. The van der Waals surface area contributed by atoms with E-state index in [1.54, 1.807) is 4.90 Å². The number of hydrogen-bond donors (Lipinski definition) is 3. The van der Waals surface area contributed by atoms with E-state index >= 15 is 0 Å². The van der Waals surface area contributed by atoms with E-state index in [2.05, 4.69) is 5.32 Å². The fourth-order valence-electron chi connectivity index (χ4n) is 3.12. The molecule has 1 aliphatic carbocycles. The fourth-order valence-corrected chi connectivity index (χ4v) is 3.12. The van der Waals surface area contributed by atoms with Gasteiger partial charge in [-0.15, -0.1) is 0 Å². The number of hydrogen-bond acceptors (Lipinski definition) is 3. The van der Waals surface area contributed by atoms with Gasteiger partial charge in [-0.1, -0.05) is 0 Å². The Hall–Kier alpha value is -1.79. The molecule has 0 aromatic heterocycles. The molecule has 0 radical (unpaired) electrons. The summed E-state index contributed by atoms with van der Waals surface area (Å²) in [4.78, 5) is 35.8. The predicted octanol–water partition coefficient (Wildman–Crippen LogP) is 0.537. The van der Waals surface area contributed by atoms with Gasteiger partial charge in [0, 0.05) is 25.0 Å². The highest BCUT2D eigenvalue weighted by atomic mass is 16.4. The number of carbonyl (C=O) groups excluding carboxylic acids is 2. The third-order valence-electron chi connectivity index (χ3n) is 4.59. The van der Waals surface area contributed by atoms with Crippen molar-refractivity contribution in [1.29, 1.82) is 0 Å². The van der Waals surface area contributed by atoms with Gasteiger partial charge >= 0.3 is 12.0 Å². The Morgan fingerprint density at radius 2 is 1.52 bits per heavy atom. The minimum Gasteiger partial charge on any atom is -0.481 e. The van der Waals surface area contributed by atoms with Crippen molar-refractivity contribution in [1.82, 2.24) is 10.2 Å². The zero-order chi connectivity index (χ0) is 15.4. The molecule has 1 aliphatic heterocycles. The molecule has 3 amide bonds. The van der Waals surface area contributed by atoms with E-state index in [9.17, 15) is 14.4 Å². The maximum atomic E-state index is 12.1. The molecule has 21 heavy (non-hydrogen) atoms. The van der Waals surface area contributed by atoms with Gasteiger partial charge in [0.05, 0.1) is 5.92 Å². The minimum absolute atomic E-state index is 0.0574. The highest BCUT2D eigenvalue weighted by molar-refractivity contribution is 5.78. The number of likely N-dealkylation sites (tertiary alicyclic amines) is 1.